The molecule has 0 atom stereocenters. The number of hydrogen-bond acceptors (Lipinski definition) is 4. The molecule has 0 N–H and O–H groups in total. The summed E-state index contributed by atoms with van der Waals surface area (Å²) in [4.78, 5) is 6.69. The smallest absolute Gasteiger partial charge is 0.168 e. The van der Waals surface area contributed by atoms with Gasteiger partial charge in [0.25, 0.3) is 0 Å². The first kappa shape index (κ1) is 9.78. The van der Waals surface area contributed by atoms with Crippen molar-refractivity contribution >= 4 is 22.6 Å². The molecule has 0 aliphatic carbocycles. The fourth-order valence-corrected chi connectivity index (χ4v) is 2.94. The van der Waals surface area contributed by atoms with E-state index in [0.29, 0.717) is 0 Å². The third-order valence-electron chi connectivity index (χ3n) is 2.75. The highest BCUT2D eigenvalue weighted by atomic mass is 32.2. The standard InChI is InChI=1S/C12H12N2OS/c1-15-11-5-3-2-4-9(11)10-8-16-12-13-6-7-14(10)12/h2-5,8H,6-7H2,1H3. The van der Waals surface area contributed by atoms with Gasteiger partial charge in [-0.05, 0) is 12.1 Å². The van der Waals surface area contributed by atoms with Gasteiger partial charge in [0.2, 0.25) is 0 Å². The molecule has 2 aliphatic rings. The summed E-state index contributed by atoms with van der Waals surface area (Å²) in [5, 5.41) is 3.26. The maximum Gasteiger partial charge on any atom is 0.168 e. The maximum absolute atomic E-state index is 5.39. The Morgan fingerprint density at radius 1 is 1.38 bits per heavy atom. The lowest BCUT2D eigenvalue weighted by molar-refractivity contribution is 0.412. The fraction of sp³-hybridized carbons (Fsp3) is 0.250. The van der Waals surface area contributed by atoms with Crippen LogP contribution >= 0.6 is 11.8 Å². The van der Waals surface area contributed by atoms with Crippen LogP contribution in [-0.4, -0.2) is 30.3 Å². The van der Waals surface area contributed by atoms with Crippen LogP contribution in [0.2, 0.25) is 0 Å². The Bertz CT molecular complexity index is 482. The molecule has 0 saturated heterocycles. The lowest BCUT2D eigenvalue weighted by Gasteiger charge is -2.18. The molecule has 0 aromatic heterocycles. The summed E-state index contributed by atoms with van der Waals surface area (Å²) in [6.45, 7) is 1.88. The molecular formula is C12H12N2OS. The number of amidine groups is 1. The first-order chi connectivity index (χ1) is 7.90. The van der Waals surface area contributed by atoms with Gasteiger partial charge in [-0.15, -0.1) is 0 Å². The molecule has 0 amide bonds. The molecular weight excluding hydrogens is 220 g/mol. The number of benzene rings is 1. The Labute approximate surface area is 98.8 Å². The molecule has 0 bridgehead atoms. The van der Waals surface area contributed by atoms with Gasteiger partial charge in [-0.1, -0.05) is 23.9 Å². The van der Waals surface area contributed by atoms with Crippen LogP contribution in [0.1, 0.15) is 5.56 Å². The molecule has 2 heterocycles. The first-order valence-electron chi connectivity index (χ1n) is 5.22. The molecule has 4 heteroatoms. The average molecular weight is 232 g/mol. The number of methoxy groups -OCH3 is 1. The van der Waals surface area contributed by atoms with Gasteiger partial charge in [-0.3, -0.25) is 4.99 Å². The van der Waals surface area contributed by atoms with Crippen LogP contribution in [0.3, 0.4) is 0 Å². The molecule has 2 aliphatic heterocycles. The Balaban J connectivity index is 2.01. The topological polar surface area (TPSA) is 24.8 Å². The van der Waals surface area contributed by atoms with Gasteiger partial charge in [0.05, 0.1) is 19.4 Å². The van der Waals surface area contributed by atoms with Gasteiger partial charge in [0.1, 0.15) is 5.75 Å². The summed E-state index contributed by atoms with van der Waals surface area (Å²) in [5.74, 6) is 0.919. The van der Waals surface area contributed by atoms with E-state index in [1.165, 1.54) is 5.70 Å². The number of aliphatic imine (C=N–C) groups is 1. The van der Waals surface area contributed by atoms with Crippen LogP contribution in [-0.2, 0) is 0 Å². The van der Waals surface area contributed by atoms with Crippen LogP contribution in [0.5, 0.6) is 5.75 Å². The van der Waals surface area contributed by atoms with Crippen molar-refractivity contribution in [2.45, 2.75) is 0 Å². The Morgan fingerprint density at radius 3 is 3.12 bits per heavy atom. The largest absolute Gasteiger partial charge is 0.496 e. The first-order valence-corrected chi connectivity index (χ1v) is 6.10. The van der Waals surface area contributed by atoms with E-state index in [2.05, 4.69) is 21.4 Å². The van der Waals surface area contributed by atoms with E-state index in [0.717, 1.165) is 29.6 Å². The van der Waals surface area contributed by atoms with E-state index in [4.69, 9.17) is 4.74 Å². The maximum atomic E-state index is 5.39. The Kier molecular flexibility index (Phi) is 2.36. The summed E-state index contributed by atoms with van der Waals surface area (Å²) in [6.07, 6.45) is 0. The molecule has 0 spiro atoms. The molecule has 82 valence electrons. The van der Waals surface area contributed by atoms with Gasteiger partial charge in [-0.25, -0.2) is 0 Å². The van der Waals surface area contributed by atoms with Crippen molar-refractivity contribution in [3.05, 3.63) is 35.2 Å². The molecule has 0 radical (unpaired) electrons. The Morgan fingerprint density at radius 2 is 2.25 bits per heavy atom. The van der Waals surface area contributed by atoms with Crippen LogP contribution in [0, 0.1) is 0 Å². The van der Waals surface area contributed by atoms with E-state index < -0.39 is 0 Å². The third kappa shape index (κ3) is 1.41. The second kappa shape index (κ2) is 3.87. The lowest BCUT2D eigenvalue weighted by Crippen LogP contribution is -2.20. The lowest BCUT2D eigenvalue weighted by atomic mass is 10.1. The van der Waals surface area contributed by atoms with Gasteiger partial charge in [-0.2, -0.15) is 0 Å². The van der Waals surface area contributed by atoms with E-state index >= 15 is 0 Å². The normalized spacial score (nSPS) is 18.2. The summed E-state index contributed by atoms with van der Waals surface area (Å²) >= 11 is 1.69. The van der Waals surface area contributed by atoms with Crippen molar-refractivity contribution in [1.82, 2.24) is 4.90 Å². The highest BCUT2D eigenvalue weighted by molar-refractivity contribution is 8.16. The number of rotatable bonds is 2. The Hall–Kier alpha value is -1.42. The summed E-state index contributed by atoms with van der Waals surface area (Å²) in [7, 11) is 1.71. The molecule has 1 aromatic carbocycles. The number of nitrogens with zero attached hydrogens (tertiary/aromatic N) is 2. The summed E-state index contributed by atoms with van der Waals surface area (Å²) in [6, 6.07) is 8.11. The molecule has 0 unspecified atom stereocenters. The number of hydrogen-bond donors (Lipinski definition) is 0. The van der Waals surface area contributed by atoms with E-state index in [9.17, 15) is 0 Å². The van der Waals surface area contributed by atoms with E-state index in [1.54, 1.807) is 18.9 Å². The van der Waals surface area contributed by atoms with Crippen molar-refractivity contribution in [3.8, 4) is 5.75 Å². The van der Waals surface area contributed by atoms with Crippen LogP contribution in [0.4, 0.5) is 0 Å². The predicted octanol–water partition coefficient (Wildman–Crippen LogP) is 2.41. The van der Waals surface area contributed by atoms with E-state index in [-0.39, 0.29) is 0 Å². The molecule has 3 nitrogen and oxygen atoms in total. The SMILES string of the molecule is COc1ccccc1C1=CSC2=NCCN12. The van der Waals surface area contributed by atoms with Crippen molar-refractivity contribution in [2.75, 3.05) is 20.2 Å². The molecule has 0 fully saturated rings. The average Bonchev–Trinajstić information content (AvgIpc) is 2.91. The minimum atomic E-state index is 0.898. The monoisotopic (exact) mass is 232 g/mol. The second-order valence-corrected chi connectivity index (χ2v) is 4.47. The van der Waals surface area contributed by atoms with E-state index in [1.807, 2.05) is 18.2 Å². The van der Waals surface area contributed by atoms with Crippen molar-refractivity contribution in [2.24, 2.45) is 4.99 Å². The van der Waals surface area contributed by atoms with Gasteiger partial charge in [0, 0.05) is 17.5 Å². The quantitative estimate of drug-likeness (QED) is 0.782. The summed E-state index contributed by atoms with van der Waals surface area (Å²) < 4.78 is 5.39. The third-order valence-corrected chi connectivity index (χ3v) is 3.65. The zero-order valence-electron chi connectivity index (χ0n) is 9.01. The van der Waals surface area contributed by atoms with Crippen LogP contribution in [0.15, 0.2) is 34.7 Å². The van der Waals surface area contributed by atoms with Crippen molar-refractivity contribution < 1.29 is 4.74 Å². The van der Waals surface area contributed by atoms with Crippen LogP contribution < -0.4 is 4.74 Å². The van der Waals surface area contributed by atoms with Gasteiger partial charge < -0.3 is 9.64 Å². The second-order valence-electron chi connectivity index (χ2n) is 3.64. The zero-order chi connectivity index (χ0) is 11.0. The van der Waals surface area contributed by atoms with Crippen molar-refractivity contribution in [1.29, 1.82) is 0 Å². The molecule has 0 saturated carbocycles. The molecule has 1 aromatic rings. The predicted molar refractivity (Wildman–Crippen MR) is 67.6 cm³/mol. The minimum absolute atomic E-state index is 0.898. The number of thioether (sulfide) groups is 1. The zero-order valence-corrected chi connectivity index (χ0v) is 9.83. The fourth-order valence-electron chi connectivity index (χ4n) is 1.99. The number of ether oxygens (including phenoxy) is 1. The molecule has 3 rings (SSSR count). The number of para-hydroxylation sites is 1. The molecule has 16 heavy (non-hydrogen) atoms. The highest BCUT2D eigenvalue weighted by Gasteiger charge is 2.28. The van der Waals surface area contributed by atoms with Crippen molar-refractivity contribution in [3.63, 3.8) is 0 Å². The van der Waals surface area contributed by atoms with Gasteiger partial charge in [0.15, 0.2) is 5.17 Å². The number of fused-ring (bicyclic) bond motifs is 1. The van der Waals surface area contributed by atoms with Crippen LogP contribution in [0.25, 0.3) is 5.70 Å². The van der Waals surface area contributed by atoms with Gasteiger partial charge >= 0.3 is 0 Å². The minimum Gasteiger partial charge on any atom is -0.496 e. The summed E-state index contributed by atoms with van der Waals surface area (Å²) in [5.41, 5.74) is 2.35. The highest BCUT2D eigenvalue weighted by Crippen LogP contribution is 2.38.